The summed E-state index contributed by atoms with van der Waals surface area (Å²) >= 11 is 0. The van der Waals surface area contributed by atoms with Gasteiger partial charge in [0.1, 0.15) is 11.5 Å². The van der Waals surface area contributed by atoms with Gasteiger partial charge >= 0.3 is 0 Å². The third-order valence-electron chi connectivity index (χ3n) is 5.93. The first kappa shape index (κ1) is 26.0. The molecule has 0 bridgehead atoms. The fourth-order valence-corrected chi connectivity index (χ4v) is 3.95. The van der Waals surface area contributed by atoms with E-state index in [4.69, 9.17) is 4.74 Å². The second-order valence-corrected chi connectivity index (χ2v) is 8.77. The summed E-state index contributed by atoms with van der Waals surface area (Å²) in [4.78, 5) is 15.3. The van der Waals surface area contributed by atoms with E-state index in [1.165, 1.54) is 64.2 Å². The molecule has 0 fully saturated rings. The van der Waals surface area contributed by atoms with Gasteiger partial charge in [0.15, 0.2) is 0 Å². The highest BCUT2D eigenvalue weighted by atomic mass is 16.5. The zero-order valence-corrected chi connectivity index (χ0v) is 20.4. The molecule has 0 saturated carbocycles. The lowest BCUT2D eigenvalue weighted by Gasteiger charge is -2.23. The SMILES string of the molecule is CCCCCCCCN(CCCCCCCC)C(=O)c1ccc(Oc2ccccc2)cc1. The van der Waals surface area contributed by atoms with Gasteiger partial charge in [-0.15, -0.1) is 0 Å². The highest BCUT2D eigenvalue weighted by Crippen LogP contribution is 2.22. The summed E-state index contributed by atoms with van der Waals surface area (Å²) in [6.07, 6.45) is 15.0. The molecule has 0 aromatic heterocycles. The Kier molecular flexibility index (Phi) is 13.3. The Labute approximate surface area is 196 Å². The predicted octanol–water partition coefficient (Wildman–Crippen LogP) is 8.64. The Morgan fingerprint density at radius 3 is 1.62 bits per heavy atom. The Balaban J connectivity index is 1.89. The summed E-state index contributed by atoms with van der Waals surface area (Å²) < 4.78 is 5.87. The average Bonchev–Trinajstić information content (AvgIpc) is 2.83. The van der Waals surface area contributed by atoms with Crippen LogP contribution in [0.1, 0.15) is 101 Å². The number of hydrogen-bond donors (Lipinski definition) is 0. The Morgan fingerprint density at radius 1 is 0.625 bits per heavy atom. The van der Waals surface area contributed by atoms with Crippen LogP contribution in [-0.2, 0) is 0 Å². The van der Waals surface area contributed by atoms with Gasteiger partial charge in [-0.1, -0.05) is 96.3 Å². The van der Waals surface area contributed by atoms with Crippen LogP contribution in [-0.4, -0.2) is 23.9 Å². The van der Waals surface area contributed by atoms with Crippen LogP contribution in [0.3, 0.4) is 0 Å². The van der Waals surface area contributed by atoms with Crippen LogP contribution in [0, 0.1) is 0 Å². The molecular formula is C29H43NO2. The van der Waals surface area contributed by atoms with E-state index in [1.54, 1.807) is 0 Å². The van der Waals surface area contributed by atoms with Gasteiger partial charge in [0.05, 0.1) is 0 Å². The van der Waals surface area contributed by atoms with Crippen molar-refractivity contribution in [2.75, 3.05) is 13.1 Å². The number of hydrogen-bond acceptors (Lipinski definition) is 2. The zero-order valence-electron chi connectivity index (χ0n) is 20.4. The number of para-hydroxylation sites is 1. The van der Waals surface area contributed by atoms with E-state index in [9.17, 15) is 4.79 Å². The van der Waals surface area contributed by atoms with E-state index in [-0.39, 0.29) is 5.91 Å². The number of ether oxygens (including phenoxy) is 1. The van der Waals surface area contributed by atoms with Crippen LogP contribution < -0.4 is 4.74 Å². The first-order chi connectivity index (χ1) is 15.7. The number of rotatable bonds is 17. The standard InChI is InChI=1S/C29H43NO2/c1-3-5-7-9-11-16-24-30(25-17-12-10-8-6-4-2)29(31)26-20-22-28(23-21-26)32-27-18-14-13-15-19-27/h13-15,18-23H,3-12,16-17,24-25H2,1-2H3. The number of carbonyl (C=O) groups excluding carboxylic acids is 1. The summed E-state index contributed by atoms with van der Waals surface area (Å²) in [7, 11) is 0. The van der Waals surface area contributed by atoms with Crippen molar-refractivity contribution in [3.05, 3.63) is 60.2 Å². The van der Waals surface area contributed by atoms with Crippen LogP contribution in [0.5, 0.6) is 11.5 Å². The minimum absolute atomic E-state index is 0.151. The minimum Gasteiger partial charge on any atom is -0.457 e. The highest BCUT2D eigenvalue weighted by molar-refractivity contribution is 5.94. The molecule has 2 rings (SSSR count). The lowest BCUT2D eigenvalue weighted by Crippen LogP contribution is -2.33. The fourth-order valence-electron chi connectivity index (χ4n) is 3.95. The van der Waals surface area contributed by atoms with E-state index in [0.29, 0.717) is 0 Å². The van der Waals surface area contributed by atoms with Crippen molar-refractivity contribution in [2.45, 2.75) is 90.9 Å². The minimum atomic E-state index is 0.151. The molecule has 176 valence electrons. The van der Waals surface area contributed by atoms with Crippen LogP contribution in [0.2, 0.25) is 0 Å². The molecule has 0 N–H and O–H groups in total. The Hall–Kier alpha value is -2.29. The maximum atomic E-state index is 13.2. The van der Waals surface area contributed by atoms with Crippen molar-refractivity contribution in [1.29, 1.82) is 0 Å². The molecule has 2 aromatic carbocycles. The maximum Gasteiger partial charge on any atom is 0.253 e. The molecule has 0 aliphatic rings. The predicted molar refractivity (Wildman–Crippen MR) is 136 cm³/mol. The largest absolute Gasteiger partial charge is 0.457 e. The van der Waals surface area contributed by atoms with Crippen molar-refractivity contribution >= 4 is 5.91 Å². The molecule has 0 spiro atoms. The van der Waals surface area contributed by atoms with Gasteiger partial charge in [0.2, 0.25) is 0 Å². The molecule has 1 amide bonds. The molecule has 3 heteroatoms. The van der Waals surface area contributed by atoms with Gasteiger partial charge < -0.3 is 9.64 Å². The second-order valence-electron chi connectivity index (χ2n) is 8.77. The number of carbonyl (C=O) groups is 1. The van der Waals surface area contributed by atoms with Gasteiger partial charge in [-0.25, -0.2) is 0 Å². The number of benzene rings is 2. The average molecular weight is 438 g/mol. The van der Waals surface area contributed by atoms with Gasteiger partial charge in [-0.3, -0.25) is 4.79 Å². The smallest absolute Gasteiger partial charge is 0.253 e. The first-order valence-corrected chi connectivity index (χ1v) is 12.9. The molecule has 0 atom stereocenters. The van der Waals surface area contributed by atoms with Crippen LogP contribution in [0.15, 0.2) is 54.6 Å². The van der Waals surface area contributed by atoms with Crippen LogP contribution >= 0.6 is 0 Å². The molecule has 32 heavy (non-hydrogen) atoms. The molecule has 2 aromatic rings. The van der Waals surface area contributed by atoms with E-state index in [2.05, 4.69) is 18.7 Å². The second kappa shape index (κ2) is 16.4. The Morgan fingerprint density at radius 2 is 1.09 bits per heavy atom. The fraction of sp³-hybridized carbons (Fsp3) is 0.552. The van der Waals surface area contributed by atoms with Crippen molar-refractivity contribution in [3.8, 4) is 11.5 Å². The molecule has 0 aliphatic carbocycles. The van der Waals surface area contributed by atoms with Crippen molar-refractivity contribution in [2.24, 2.45) is 0 Å². The number of amides is 1. The van der Waals surface area contributed by atoms with Crippen LogP contribution in [0.25, 0.3) is 0 Å². The van der Waals surface area contributed by atoms with E-state index in [1.807, 2.05) is 54.6 Å². The van der Waals surface area contributed by atoms with Gasteiger partial charge in [-0.2, -0.15) is 0 Å². The summed E-state index contributed by atoms with van der Waals surface area (Å²) in [5, 5.41) is 0. The summed E-state index contributed by atoms with van der Waals surface area (Å²) in [5.41, 5.74) is 0.752. The highest BCUT2D eigenvalue weighted by Gasteiger charge is 2.15. The summed E-state index contributed by atoms with van der Waals surface area (Å²) in [5.74, 6) is 1.71. The number of nitrogens with zero attached hydrogens (tertiary/aromatic N) is 1. The van der Waals surface area contributed by atoms with Crippen molar-refractivity contribution < 1.29 is 9.53 Å². The molecule has 0 radical (unpaired) electrons. The molecule has 0 heterocycles. The monoisotopic (exact) mass is 437 g/mol. The molecule has 0 unspecified atom stereocenters. The van der Waals surface area contributed by atoms with Gasteiger partial charge in [-0.05, 0) is 49.2 Å². The zero-order chi connectivity index (χ0) is 22.9. The summed E-state index contributed by atoms with van der Waals surface area (Å²) in [6, 6.07) is 17.3. The van der Waals surface area contributed by atoms with Crippen LogP contribution in [0.4, 0.5) is 0 Å². The first-order valence-electron chi connectivity index (χ1n) is 12.9. The van der Waals surface area contributed by atoms with Gasteiger partial charge in [0.25, 0.3) is 5.91 Å². The summed E-state index contributed by atoms with van der Waals surface area (Å²) in [6.45, 7) is 6.22. The third-order valence-corrected chi connectivity index (χ3v) is 5.93. The Bertz CT molecular complexity index is 711. The lowest BCUT2D eigenvalue weighted by atomic mass is 10.1. The van der Waals surface area contributed by atoms with E-state index in [0.717, 1.165) is 43.0 Å². The van der Waals surface area contributed by atoms with Crippen molar-refractivity contribution in [1.82, 2.24) is 4.90 Å². The normalized spacial score (nSPS) is 10.8. The molecule has 0 aliphatic heterocycles. The van der Waals surface area contributed by atoms with Gasteiger partial charge in [0, 0.05) is 18.7 Å². The quantitative estimate of drug-likeness (QED) is 0.232. The molecule has 0 saturated heterocycles. The third kappa shape index (κ3) is 10.3. The topological polar surface area (TPSA) is 29.5 Å². The number of unbranched alkanes of at least 4 members (excludes halogenated alkanes) is 10. The lowest BCUT2D eigenvalue weighted by molar-refractivity contribution is 0.0749. The van der Waals surface area contributed by atoms with E-state index >= 15 is 0 Å². The maximum absolute atomic E-state index is 13.2. The molecular weight excluding hydrogens is 394 g/mol. The van der Waals surface area contributed by atoms with E-state index < -0.39 is 0 Å². The molecule has 3 nitrogen and oxygen atoms in total. The van der Waals surface area contributed by atoms with Crippen molar-refractivity contribution in [3.63, 3.8) is 0 Å².